The molecule has 4 heteroatoms. The van der Waals surface area contributed by atoms with E-state index in [4.69, 9.17) is 4.98 Å². The number of Topliss-reactive ketones (excluding diaryl/α,β-unsaturated/α-hetero) is 1. The molecule has 0 saturated heterocycles. The van der Waals surface area contributed by atoms with E-state index in [1.54, 1.807) is 20.0 Å². The van der Waals surface area contributed by atoms with Gasteiger partial charge in [0.1, 0.15) is 0 Å². The van der Waals surface area contributed by atoms with Crippen molar-refractivity contribution in [3.63, 3.8) is 0 Å². The average Bonchev–Trinajstić information content (AvgIpc) is 2.82. The van der Waals surface area contributed by atoms with Crippen LogP contribution in [-0.4, -0.2) is 23.7 Å². The van der Waals surface area contributed by atoms with E-state index >= 15 is 0 Å². The minimum Gasteiger partial charge on any atom is -0.359 e. The molecule has 2 aromatic carbocycles. The van der Waals surface area contributed by atoms with Gasteiger partial charge in [0.15, 0.2) is 5.78 Å². The Hall–Kier alpha value is -3.79. The summed E-state index contributed by atoms with van der Waals surface area (Å²) in [6.07, 6.45) is 6.69. The van der Waals surface area contributed by atoms with E-state index in [1.807, 2.05) is 37.3 Å². The molecule has 1 heterocycles. The van der Waals surface area contributed by atoms with Crippen LogP contribution in [0, 0.1) is 0 Å². The molecule has 0 fully saturated rings. The van der Waals surface area contributed by atoms with Crippen molar-refractivity contribution in [1.82, 2.24) is 10.3 Å². The van der Waals surface area contributed by atoms with Gasteiger partial charge >= 0.3 is 0 Å². The predicted octanol–water partition coefficient (Wildman–Crippen LogP) is 5.97. The highest BCUT2D eigenvalue weighted by atomic mass is 16.1. The lowest BCUT2D eigenvalue weighted by molar-refractivity contribution is -0.120. The molecular formula is C28H28N2O2. The summed E-state index contributed by atoms with van der Waals surface area (Å²) in [5.74, 6) is 0.0346. The molecule has 3 rings (SSSR count). The number of benzene rings is 2. The van der Waals surface area contributed by atoms with E-state index in [0.717, 1.165) is 45.6 Å². The van der Waals surface area contributed by atoms with Gasteiger partial charge in [0.2, 0.25) is 5.91 Å². The van der Waals surface area contributed by atoms with Crippen LogP contribution < -0.4 is 5.32 Å². The third-order valence-corrected chi connectivity index (χ3v) is 5.38. The van der Waals surface area contributed by atoms with Crippen LogP contribution in [0.4, 0.5) is 0 Å². The Kier molecular flexibility index (Phi) is 7.50. The van der Waals surface area contributed by atoms with Crippen LogP contribution in [0.3, 0.4) is 0 Å². The van der Waals surface area contributed by atoms with E-state index in [-0.39, 0.29) is 11.7 Å². The molecule has 1 aromatic heterocycles. The summed E-state index contributed by atoms with van der Waals surface area (Å²) in [5.41, 5.74) is 7.14. The van der Waals surface area contributed by atoms with Gasteiger partial charge in [-0.1, -0.05) is 67.3 Å². The largest absolute Gasteiger partial charge is 0.359 e. The van der Waals surface area contributed by atoms with E-state index < -0.39 is 0 Å². The van der Waals surface area contributed by atoms with Gasteiger partial charge in [0, 0.05) is 30.2 Å². The number of hydrogen-bond acceptors (Lipinski definition) is 3. The summed E-state index contributed by atoms with van der Waals surface area (Å²) in [4.78, 5) is 28.4. The SMILES string of the molecule is C=Cc1c(C(C)=O)cc(-c2ccc(-c3ccc(CCC(=O)NC)cc3)cc2)nc1/C=C\C. The summed E-state index contributed by atoms with van der Waals surface area (Å²) < 4.78 is 0. The first-order chi connectivity index (χ1) is 15.5. The quantitative estimate of drug-likeness (QED) is 0.453. The summed E-state index contributed by atoms with van der Waals surface area (Å²) in [5, 5.41) is 2.65. The number of amides is 1. The topological polar surface area (TPSA) is 59.1 Å². The fourth-order valence-electron chi connectivity index (χ4n) is 3.59. The van der Waals surface area contributed by atoms with Crippen molar-refractivity contribution < 1.29 is 9.59 Å². The normalized spacial score (nSPS) is 10.8. The Balaban J connectivity index is 1.88. The number of carbonyl (C=O) groups is 2. The molecule has 0 spiro atoms. The van der Waals surface area contributed by atoms with Crippen molar-refractivity contribution in [3.05, 3.63) is 89.6 Å². The Morgan fingerprint density at radius 2 is 1.59 bits per heavy atom. The average molecular weight is 425 g/mol. The van der Waals surface area contributed by atoms with Gasteiger partial charge in [-0.15, -0.1) is 0 Å². The Morgan fingerprint density at radius 1 is 1.00 bits per heavy atom. The molecule has 0 unspecified atom stereocenters. The third kappa shape index (κ3) is 5.27. The molecule has 4 nitrogen and oxygen atoms in total. The highest BCUT2D eigenvalue weighted by molar-refractivity contribution is 5.99. The lowest BCUT2D eigenvalue weighted by atomic mass is 9.97. The number of ketones is 1. The van der Waals surface area contributed by atoms with Gasteiger partial charge in [-0.25, -0.2) is 4.98 Å². The highest BCUT2D eigenvalue weighted by Crippen LogP contribution is 2.28. The number of nitrogens with zero attached hydrogens (tertiary/aromatic N) is 1. The third-order valence-electron chi connectivity index (χ3n) is 5.38. The van der Waals surface area contributed by atoms with E-state index in [0.29, 0.717) is 12.0 Å². The number of allylic oxidation sites excluding steroid dienone is 1. The predicted molar refractivity (Wildman–Crippen MR) is 132 cm³/mol. The molecule has 0 atom stereocenters. The van der Waals surface area contributed by atoms with Crippen molar-refractivity contribution in [1.29, 1.82) is 0 Å². The number of aryl methyl sites for hydroxylation is 1. The summed E-state index contributed by atoms with van der Waals surface area (Å²) >= 11 is 0. The summed E-state index contributed by atoms with van der Waals surface area (Å²) in [6.45, 7) is 7.34. The van der Waals surface area contributed by atoms with Crippen molar-refractivity contribution in [2.24, 2.45) is 0 Å². The molecule has 1 amide bonds. The minimum atomic E-state index is -0.0116. The number of rotatable bonds is 8. The maximum absolute atomic E-state index is 12.2. The van der Waals surface area contributed by atoms with Gasteiger partial charge in [0.25, 0.3) is 0 Å². The van der Waals surface area contributed by atoms with Crippen molar-refractivity contribution >= 4 is 23.8 Å². The monoisotopic (exact) mass is 424 g/mol. The van der Waals surface area contributed by atoms with E-state index in [1.165, 1.54) is 0 Å². The zero-order valence-corrected chi connectivity index (χ0v) is 18.8. The molecule has 0 aliphatic rings. The second-order valence-corrected chi connectivity index (χ2v) is 7.56. The van der Waals surface area contributed by atoms with Crippen LogP contribution in [0.25, 0.3) is 34.5 Å². The van der Waals surface area contributed by atoms with Crippen LogP contribution in [-0.2, 0) is 11.2 Å². The molecule has 0 aliphatic heterocycles. The van der Waals surface area contributed by atoms with Crippen LogP contribution in [0.2, 0.25) is 0 Å². The zero-order valence-electron chi connectivity index (χ0n) is 18.8. The number of hydrogen-bond donors (Lipinski definition) is 1. The first kappa shape index (κ1) is 22.9. The lowest BCUT2D eigenvalue weighted by Crippen LogP contribution is -2.17. The standard InChI is InChI=1S/C28H28N2O2/c1-5-7-26-24(6-2)25(19(3)31)18-27(30-26)23-15-13-22(14-16-23)21-11-8-20(9-12-21)10-17-28(32)29-4/h5-9,11-16,18H,2,10,17H2,1,3-4H3,(H,29,32)/b7-5-. The summed E-state index contributed by atoms with van der Waals surface area (Å²) in [6, 6.07) is 18.3. The van der Waals surface area contributed by atoms with Crippen LogP contribution in [0.15, 0.2) is 67.3 Å². The van der Waals surface area contributed by atoms with Crippen LogP contribution in [0.5, 0.6) is 0 Å². The minimum absolute atomic E-state index is 0.0116. The maximum Gasteiger partial charge on any atom is 0.220 e. The lowest BCUT2D eigenvalue weighted by Gasteiger charge is -2.11. The van der Waals surface area contributed by atoms with Gasteiger partial charge in [-0.05, 0) is 49.1 Å². The Morgan fingerprint density at radius 3 is 2.12 bits per heavy atom. The van der Waals surface area contributed by atoms with Gasteiger partial charge in [0.05, 0.1) is 11.4 Å². The smallest absolute Gasteiger partial charge is 0.220 e. The van der Waals surface area contributed by atoms with Crippen LogP contribution in [0.1, 0.15) is 47.4 Å². The molecule has 0 bridgehead atoms. The van der Waals surface area contributed by atoms with Crippen molar-refractivity contribution in [2.45, 2.75) is 26.7 Å². The molecule has 3 aromatic rings. The van der Waals surface area contributed by atoms with Crippen molar-refractivity contribution in [3.8, 4) is 22.4 Å². The summed E-state index contributed by atoms with van der Waals surface area (Å²) in [7, 11) is 1.65. The maximum atomic E-state index is 12.2. The first-order valence-corrected chi connectivity index (χ1v) is 10.7. The fraction of sp³-hybridized carbons (Fsp3) is 0.179. The second-order valence-electron chi connectivity index (χ2n) is 7.56. The van der Waals surface area contributed by atoms with E-state index in [2.05, 4.69) is 48.3 Å². The number of pyridine rings is 1. The molecule has 0 saturated carbocycles. The second kappa shape index (κ2) is 10.5. The molecule has 32 heavy (non-hydrogen) atoms. The fourth-order valence-corrected chi connectivity index (χ4v) is 3.59. The molecule has 0 aliphatic carbocycles. The molecule has 162 valence electrons. The Labute approximate surface area is 189 Å². The van der Waals surface area contributed by atoms with Crippen LogP contribution >= 0.6 is 0 Å². The molecular weight excluding hydrogens is 396 g/mol. The first-order valence-electron chi connectivity index (χ1n) is 10.7. The van der Waals surface area contributed by atoms with Crippen molar-refractivity contribution in [2.75, 3.05) is 7.05 Å². The number of nitrogens with one attached hydrogen (secondary N) is 1. The molecule has 1 N–H and O–H groups in total. The zero-order chi connectivity index (χ0) is 23.1. The number of carbonyl (C=O) groups excluding carboxylic acids is 2. The van der Waals surface area contributed by atoms with E-state index in [9.17, 15) is 9.59 Å². The molecule has 0 radical (unpaired) electrons. The van der Waals surface area contributed by atoms with Gasteiger partial charge in [-0.3, -0.25) is 9.59 Å². The number of aromatic nitrogens is 1. The van der Waals surface area contributed by atoms with Gasteiger partial charge in [-0.2, -0.15) is 0 Å². The Bertz CT molecular complexity index is 1160. The van der Waals surface area contributed by atoms with Gasteiger partial charge < -0.3 is 5.32 Å². The highest BCUT2D eigenvalue weighted by Gasteiger charge is 2.13.